The molecular weight excluding hydrogens is 442 g/mol. The van der Waals surface area contributed by atoms with Gasteiger partial charge in [-0.25, -0.2) is 0 Å². The topological polar surface area (TPSA) is 57.8 Å². The number of rotatable bonds is 8. The van der Waals surface area contributed by atoms with Crippen LogP contribution in [-0.2, 0) is 6.42 Å². The lowest BCUT2D eigenvalue weighted by molar-refractivity contribution is 0.0945. The van der Waals surface area contributed by atoms with Crippen LogP contribution in [0.1, 0.15) is 27.5 Å². The van der Waals surface area contributed by atoms with Gasteiger partial charge in [0.1, 0.15) is 0 Å². The molecule has 0 saturated heterocycles. The van der Waals surface area contributed by atoms with E-state index in [2.05, 4.69) is 15.3 Å². The maximum Gasteiger partial charge on any atom is 0.186 e. The Kier molecular flexibility index (Phi) is 6.52. The van der Waals surface area contributed by atoms with Gasteiger partial charge in [0.15, 0.2) is 5.78 Å². The number of carbonyl (C=O) groups is 1. The molecule has 0 saturated carbocycles. The molecule has 2 heterocycles. The fourth-order valence-corrected chi connectivity index (χ4v) is 4.32. The van der Waals surface area contributed by atoms with Crippen LogP contribution in [0.3, 0.4) is 0 Å². The Bertz CT molecular complexity index is 1400. The maximum atomic E-state index is 13.8. The SMILES string of the molecule is O=C(c1c[nH]c2cc(-c3ccccn3)ccc12)[C@@H](NCCc1ccc(Cl)cc1)c1ccccc1. The Balaban J connectivity index is 1.40. The van der Waals surface area contributed by atoms with Gasteiger partial charge in [-0.05, 0) is 47.9 Å². The van der Waals surface area contributed by atoms with Crippen molar-refractivity contribution in [3.8, 4) is 11.3 Å². The van der Waals surface area contributed by atoms with E-state index in [0.29, 0.717) is 12.1 Å². The number of benzene rings is 3. The second-order valence-corrected chi connectivity index (χ2v) is 8.65. The third-order valence-corrected chi connectivity index (χ3v) is 6.23. The smallest absolute Gasteiger partial charge is 0.186 e. The normalized spacial score (nSPS) is 12.0. The number of hydrogen-bond donors (Lipinski definition) is 2. The molecule has 0 bridgehead atoms. The van der Waals surface area contributed by atoms with Gasteiger partial charge < -0.3 is 10.3 Å². The Morgan fingerprint density at radius 1 is 0.941 bits per heavy atom. The lowest BCUT2D eigenvalue weighted by Gasteiger charge is -2.18. The quantitative estimate of drug-likeness (QED) is 0.252. The zero-order valence-electron chi connectivity index (χ0n) is 18.5. The van der Waals surface area contributed by atoms with Gasteiger partial charge in [0.25, 0.3) is 0 Å². The molecule has 168 valence electrons. The molecule has 0 aliphatic rings. The summed E-state index contributed by atoms with van der Waals surface area (Å²) in [4.78, 5) is 21.5. The minimum absolute atomic E-state index is 0.0409. The monoisotopic (exact) mass is 465 g/mol. The van der Waals surface area contributed by atoms with Crippen molar-refractivity contribution in [2.75, 3.05) is 6.54 Å². The zero-order chi connectivity index (χ0) is 23.3. The second-order valence-electron chi connectivity index (χ2n) is 8.22. The number of nitrogens with zero attached hydrogens (tertiary/aromatic N) is 1. The molecule has 0 radical (unpaired) electrons. The summed E-state index contributed by atoms with van der Waals surface area (Å²) in [5, 5.41) is 5.11. The maximum absolute atomic E-state index is 13.8. The van der Waals surface area contributed by atoms with Crippen molar-refractivity contribution < 1.29 is 4.79 Å². The second kappa shape index (κ2) is 10.0. The number of hydrogen-bond acceptors (Lipinski definition) is 3. The van der Waals surface area contributed by atoms with Crippen LogP contribution in [0, 0.1) is 0 Å². The fraction of sp³-hybridized carbons (Fsp3) is 0.103. The van der Waals surface area contributed by atoms with Crippen LogP contribution in [0.15, 0.2) is 103 Å². The molecule has 2 aromatic heterocycles. The van der Waals surface area contributed by atoms with Gasteiger partial charge in [0.2, 0.25) is 0 Å². The van der Waals surface area contributed by atoms with Gasteiger partial charge in [0.05, 0.1) is 11.7 Å². The molecule has 3 aromatic carbocycles. The molecule has 1 atom stereocenters. The van der Waals surface area contributed by atoms with E-state index in [1.165, 1.54) is 5.56 Å². The molecule has 0 amide bonds. The lowest BCUT2D eigenvalue weighted by atomic mass is 9.96. The predicted molar refractivity (Wildman–Crippen MR) is 138 cm³/mol. The van der Waals surface area contributed by atoms with Gasteiger partial charge >= 0.3 is 0 Å². The highest BCUT2D eigenvalue weighted by atomic mass is 35.5. The van der Waals surface area contributed by atoms with E-state index in [-0.39, 0.29) is 5.78 Å². The summed E-state index contributed by atoms with van der Waals surface area (Å²) in [5.41, 5.74) is 5.62. The van der Waals surface area contributed by atoms with Crippen LogP contribution < -0.4 is 5.32 Å². The summed E-state index contributed by atoms with van der Waals surface area (Å²) in [5.74, 6) is 0.0409. The molecular formula is C29H24ClN3O. The van der Waals surface area contributed by atoms with Crippen molar-refractivity contribution in [1.29, 1.82) is 0 Å². The highest BCUT2D eigenvalue weighted by Crippen LogP contribution is 2.28. The third-order valence-electron chi connectivity index (χ3n) is 5.98. The molecule has 0 spiro atoms. The van der Waals surface area contributed by atoms with Gasteiger partial charge in [0, 0.05) is 46.0 Å². The molecule has 5 rings (SSSR count). The molecule has 0 unspecified atom stereocenters. The third kappa shape index (κ3) is 4.79. The first kappa shape index (κ1) is 22.1. The first-order chi connectivity index (χ1) is 16.7. The molecule has 34 heavy (non-hydrogen) atoms. The minimum atomic E-state index is -0.442. The summed E-state index contributed by atoms with van der Waals surface area (Å²) in [6, 6.07) is 29.1. The largest absolute Gasteiger partial charge is 0.360 e. The molecule has 5 aromatic rings. The number of H-pyrrole nitrogens is 1. The van der Waals surface area contributed by atoms with Crippen molar-refractivity contribution in [3.05, 3.63) is 125 Å². The number of Topliss-reactive ketones (excluding diaryl/α,β-unsaturated/α-hetero) is 1. The van der Waals surface area contributed by atoms with E-state index in [1.54, 1.807) is 6.20 Å². The number of aromatic amines is 1. The van der Waals surface area contributed by atoms with Crippen LogP contribution in [0.5, 0.6) is 0 Å². The van der Waals surface area contributed by atoms with E-state index in [0.717, 1.165) is 39.2 Å². The molecule has 0 fully saturated rings. The molecule has 0 aliphatic heterocycles. The molecule has 0 aliphatic carbocycles. The van der Waals surface area contributed by atoms with E-state index in [4.69, 9.17) is 11.6 Å². The van der Waals surface area contributed by atoms with E-state index in [1.807, 2.05) is 97.2 Å². The first-order valence-electron chi connectivity index (χ1n) is 11.3. The molecule has 5 heteroatoms. The summed E-state index contributed by atoms with van der Waals surface area (Å²) >= 11 is 6.00. The number of carbonyl (C=O) groups excluding carboxylic acids is 1. The number of ketones is 1. The number of aromatic nitrogens is 2. The average Bonchev–Trinajstić information content (AvgIpc) is 3.32. The highest BCUT2D eigenvalue weighted by Gasteiger charge is 2.24. The van der Waals surface area contributed by atoms with Gasteiger partial charge in [-0.2, -0.15) is 0 Å². The van der Waals surface area contributed by atoms with Gasteiger partial charge in [-0.15, -0.1) is 0 Å². The summed E-state index contributed by atoms with van der Waals surface area (Å²) in [6.07, 6.45) is 4.39. The van der Waals surface area contributed by atoms with Crippen LogP contribution in [0.2, 0.25) is 5.02 Å². The highest BCUT2D eigenvalue weighted by molar-refractivity contribution is 6.30. The van der Waals surface area contributed by atoms with Crippen molar-refractivity contribution in [3.63, 3.8) is 0 Å². The van der Waals surface area contributed by atoms with Crippen molar-refractivity contribution in [1.82, 2.24) is 15.3 Å². The molecule has 2 N–H and O–H groups in total. The summed E-state index contributed by atoms with van der Waals surface area (Å²) in [7, 11) is 0. The van der Waals surface area contributed by atoms with Crippen molar-refractivity contribution >= 4 is 28.3 Å². The number of fused-ring (bicyclic) bond motifs is 1. The van der Waals surface area contributed by atoms with Crippen LogP contribution in [0.25, 0.3) is 22.2 Å². The Morgan fingerprint density at radius 2 is 1.74 bits per heavy atom. The van der Waals surface area contributed by atoms with Crippen LogP contribution in [0.4, 0.5) is 0 Å². The van der Waals surface area contributed by atoms with Gasteiger partial charge in [-0.3, -0.25) is 9.78 Å². The van der Waals surface area contributed by atoms with E-state index in [9.17, 15) is 4.79 Å². The first-order valence-corrected chi connectivity index (χ1v) is 11.7. The van der Waals surface area contributed by atoms with E-state index >= 15 is 0 Å². The minimum Gasteiger partial charge on any atom is -0.360 e. The molecule has 4 nitrogen and oxygen atoms in total. The fourth-order valence-electron chi connectivity index (χ4n) is 4.20. The van der Waals surface area contributed by atoms with Gasteiger partial charge in [-0.1, -0.05) is 72.3 Å². The lowest BCUT2D eigenvalue weighted by Crippen LogP contribution is -2.30. The van der Waals surface area contributed by atoms with Crippen LogP contribution >= 0.6 is 11.6 Å². The zero-order valence-corrected chi connectivity index (χ0v) is 19.3. The Hall–Kier alpha value is -3.73. The predicted octanol–water partition coefficient (Wildman–Crippen LogP) is 6.64. The summed E-state index contributed by atoms with van der Waals surface area (Å²) < 4.78 is 0. The van der Waals surface area contributed by atoms with Crippen LogP contribution in [-0.4, -0.2) is 22.3 Å². The Labute approximate surface area is 203 Å². The standard InChI is InChI=1S/C29H24ClN3O/c30-23-12-9-20(10-13-23)15-17-32-28(21-6-2-1-3-7-21)29(34)25-19-33-27-18-22(11-14-24(25)27)26-8-4-5-16-31-26/h1-14,16,18-19,28,32-33H,15,17H2/t28-/m0/s1. The number of pyridine rings is 1. The number of halogens is 1. The van der Waals surface area contributed by atoms with E-state index < -0.39 is 6.04 Å². The van der Waals surface area contributed by atoms with Crippen molar-refractivity contribution in [2.45, 2.75) is 12.5 Å². The average molecular weight is 466 g/mol. The Morgan fingerprint density at radius 3 is 2.50 bits per heavy atom. The van der Waals surface area contributed by atoms with Crippen molar-refractivity contribution in [2.24, 2.45) is 0 Å². The number of nitrogens with one attached hydrogen (secondary N) is 2. The summed E-state index contributed by atoms with van der Waals surface area (Å²) in [6.45, 7) is 0.666.